The molecule has 0 heterocycles. The maximum absolute atomic E-state index is 11.0. The van der Waals surface area contributed by atoms with Gasteiger partial charge in [0, 0.05) is 0 Å². The fourth-order valence-electron chi connectivity index (χ4n) is 1.91. The van der Waals surface area contributed by atoms with E-state index in [0.29, 0.717) is 0 Å². The molecule has 0 aliphatic rings. The van der Waals surface area contributed by atoms with E-state index in [1.54, 1.807) is 13.0 Å². The van der Waals surface area contributed by atoms with Crippen LogP contribution < -0.4 is 0 Å². The van der Waals surface area contributed by atoms with Crippen LogP contribution in [0, 0.1) is 12.8 Å². The lowest BCUT2D eigenvalue weighted by molar-refractivity contribution is -0.141. The number of aliphatic carboxylic acids is 1. The fourth-order valence-corrected chi connectivity index (χ4v) is 1.91. The maximum Gasteiger partial charge on any atom is 0.306 e. The summed E-state index contributed by atoms with van der Waals surface area (Å²) in [4.78, 5) is 11.0. The van der Waals surface area contributed by atoms with Crippen LogP contribution in [-0.4, -0.2) is 16.2 Å². The smallest absolute Gasteiger partial charge is 0.306 e. The largest absolute Gasteiger partial charge is 0.508 e. The first-order valence-corrected chi connectivity index (χ1v) is 5.49. The third kappa shape index (κ3) is 2.54. The summed E-state index contributed by atoms with van der Waals surface area (Å²) < 4.78 is 0. The Kier molecular flexibility index (Phi) is 3.93. The van der Waals surface area contributed by atoms with E-state index in [1.165, 1.54) is 0 Å². The van der Waals surface area contributed by atoms with Crippen molar-refractivity contribution in [3.63, 3.8) is 0 Å². The number of carboxylic acids is 1. The number of phenolic OH excluding ortho intramolecular Hbond substituents is 1. The molecule has 0 spiro atoms. The quantitative estimate of drug-likeness (QED) is 0.823. The van der Waals surface area contributed by atoms with Gasteiger partial charge in [0.2, 0.25) is 0 Å². The predicted molar refractivity (Wildman–Crippen MR) is 62.7 cm³/mol. The van der Waals surface area contributed by atoms with E-state index in [0.717, 1.165) is 17.5 Å². The zero-order valence-corrected chi connectivity index (χ0v) is 9.90. The molecule has 1 unspecified atom stereocenters. The van der Waals surface area contributed by atoms with E-state index in [2.05, 4.69) is 0 Å². The number of carboxylic acid groups (broad SMARTS) is 1. The van der Waals surface area contributed by atoms with Gasteiger partial charge in [0.1, 0.15) is 5.75 Å². The Morgan fingerprint density at radius 1 is 1.44 bits per heavy atom. The highest BCUT2D eigenvalue weighted by molar-refractivity contribution is 5.71. The van der Waals surface area contributed by atoms with Gasteiger partial charge < -0.3 is 10.2 Å². The molecular weight excluding hydrogens is 204 g/mol. The second-order valence-electron chi connectivity index (χ2n) is 4.19. The van der Waals surface area contributed by atoms with E-state index in [-0.39, 0.29) is 11.7 Å². The van der Waals surface area contributed by atoms with Crippen LogP contribution in [0.2, 0.25) is 0 Å². The molecule has 2 atom stereocenters. The van der Waals surface area contributed by atoms with Crippen LogP contribution in [0.15, 0.2) is 18.2 Å². The lowest BCUT2D eigenvalue weighted by atomic mass is 9.85. The molecule has 0 amide bonds. The van der Waals surface area contributed by atoms with Crippen molar-refractivity contribution in [1.29, 1.82) is 0 Å². The Bertz CT molecular complexity index is 385. The van der Waals surface area contributed by atoms with Crippen LogP contribution in [0.3, 0.4) is 0 Å². The average Bonchev–Trinajstić information content (AvgIpc) is 2.24. The molecule has 1 aromatic carbocycles. The van der Waals surface area contributed by atoms with Crippen molar-refractivity contribution >= 4 is 5.97 Å². The average molecular weight is 222 g/mol. The molecule has 0 radical (unpaired) electrons. The number of benzene rings is 1. The molecule has 0 aliphatic heterocycles. The highest BCUT2D eigenvalue weighted by atomic mass is 16.4. The molecule has 1 rings (SSSR count). The summed E-state index contributed by atoms with van der Waals surface area (Å²) in [5.74, 6) is -1.06. The Labute approximate surface area is 95.7 Å². The Hall–Kier alpha value is -1.51. The van der Waals surface area contributed by atoms with Gasteiger partial charge in [-0.1, -0.05) is 26.0 Å². The van der Waals surface area contributed by atoms with Gasteiger partial charge in [-0.05, 0) is 36.5 Å². The van der Waals surface area contributed by atoms with Gasteiger partial charge in [-0.25, -0.2) is 0 Å². The molecule has 0 fully saturated rings. The summed E-state index contributed by atoms with van der Waals surface area (Å²) in [6, 6.07) is 5.38. The lowest BCUT2D eigenvalue weighted by Gasteiger charge is -2.20. The highest BCUT2D eigenvalue weighted by Crippen LogP contribution is 2.31. The summed E-state index contributed by atoms with van der Waals surface area (Å²) in [5, 5.41) is 18.6. The summed E-state index contributed by atoms with van der Waals surface area (Å²) in [6.07, 6.45) is 0.746. The van der Waals surface area contributed by atoms with E-state index in [1.807, 2.05) is 26.0 Å². The Balaban J connectivity index is 3.04. The fraction of sp³-hybridized carbons (Fsp3) is 0.462. The Morgan fingerprint density at radius 2 is 2.06 bits per heavy atom. The number of hydrogen-bond acceptors (Lipinski definition) is 2. The number of aromatic hydroxyl groups is 1. The summed E-state index contributed by atoms with van der Waals surface area (Å²) >= 11 is 0. The molecule has 2 N–H and O–H groups in total. The molecule has 3 heteroatoms. The Morgan fingerprint density at radius 3 is 2.50 bits per heavy atom. The van der Waals surface area contributed by atoms with Crippen molar-refractivity contribution in [2.24, 2.45) is 5.92 Å². The van der Waals surface area contributed by atoms with Crippen LogP contribution in [0.1, 0.15) is 37.3 Å². The number of rotatable bonds is 4. The molecule has 0 aliphatic carbocycles. The van der Waals surface area contributed by atoms with Crippen molar-refractivity contribution in [2.75, 3.05) is 0 Å². The molecule has 0 bridgehead atoms. The van der Waals surface area contributed by atoms with E-state index in [4.69, 9.17) is 5.11 Å². The number of phenols is 1. The summed E-state index contributed by atoms with van der Waals surface area (Å²) in [5.41, 5.74) is 1.70. The lowest BCUT2D eigenvalue weighted by Crippen LogP contribution is -2.18. The van der Waals surface area contributed by atoms with Gasteiger partial charge in [-0.15, -0.1) is 0 Å². The molecule has 16 heavy (non-hydrogen) atoms. The van der Waals surface area contributed by atoms with Crippen molar-refractivity contribution < 1.29 is 15.0 Å². The molecule has 0 saturated heterocycles. The van der Waals surface area contributed by atoms with E-state index >= 15 is 0 Å². The number of carbonyl (C=O) groups is 1. The van der Waals surface area contributed by atoms with Gasteiger partial charge >= 0.3 is 5.97 Å². The highest BCUT2D eigenvalue weighted by Gasteiger charge is 2.23. The minimum Gasteiger partial charge on any atom is -0.508 e. The minimum atomic E-state index is -0.799. The van der Waals surface area contributed by atoms with Gasteiger partial charge in [0.05, 0.1) is 5.92 Å². The van der Waals surface area contributed by atoms with Crippen molar-refractivity contribution in [3.05, 3.63) is 29.3 Å². The third-order valence-electron chi connectivity index (χ3n) is 3.09. The molecule has 88 valence electrons. The second-order valence-corrected chi connectivity index (χ2v) is 4.19. The van der Waals surface area contributed by atoms with Gasteiger partial charge in [0.25, 0.3) is 0 Å². The molecular formula is C13H18O3. The van der Waals surface area contributed by atoms with Crippen molar-refractivity contribution in [2.45, 2.75) is 33.1 Å². The summed E-state index contributed by atoms with van der Waals surface area (Å²) in [6.45, 7) is 5.48. The standard InChI is InChI=1S/C13H18O3/c1-4-11(9(3)13(15)16)10-6-5-8(2)12(14)7-10/h5-7,9,11,14H,4H2,1-3H3,(H,15,16)/t9?,11-/m0/s1. The third-order valence-corrected chi connectivity index (χ3v) is 3.09. The molecule has 3 nitrogen and oxygen atoms in total. The van der Waals surface area contributed by atoms with E-state index < -0.39 is 11.9 Å². The predicted octanol–water partition coefficient (Wildman–Crippen LogP) is 2.91. The monoisotopic (exact) mass is 222 g/mol. The topological polar surface area (TPSA) is 57.5 Å². The SMILES string of the molecule is CC[C@H](c1ccc(C)c(O)c1)C(C)C(=O)O. The number of hydrogen-bond donors (Lipinski definition) is 2. The minimum absolute atomic E-state index is 0.0519. The first-order chi connectivity index (χ1) is 7.47. The van der Waals surface area contributed by atoms with Gasteiger partial charge in [0.15, 0.2) is 0 Å². The van der Waals surface area contributed by atoms with Gasteiger partial charge in [-0.3, -0.25) is 4.79 Å². The zero-order chi connectivity index (χ0) is 12.3. The summed E-state index contributed by atoms with van der Waals surface area (Å²) in [7, 11) is 0. The first kappa shape index (κ1) is 12.6. The van der Waals surface area contributed by atoms with Gasteiger partial charge in [-0.2, -0.15) is 0 Å². The molecule has 0 saturated carbocycles. The van der Waals surface area contributed by atoms with Crippen molar-refractivity contribution in [1.82, 2.24) is 0 Å². The second kappa shape index (κ2) is 5.01. The molecule has 1 aromatic rings. The van der Waals surface area contributed by atoms with Crippen LogP contribution in [0.25, 0.3) is 0 Å². The van der Waals surface area contributed by atoms with Crippen LogP contribution in [-0.2, 0) is 4.79 Å². The van der Waals surface area contributed by atoms with Crippen LogP contribution in [0.4, 0.5) is 0 Å². The maximum atomic E-state index is 11.0. The normalized spacial score (nSPS) is 14.4. The van der Waals surface area contributed by atoms with Crippen LogP contribution in [0.5, 0.6) is 5.75 Å². The van der Waals surface area contributed by atoms with Crippen LogP contribution >= 0.6 is 0 Å². The first-order valence-electron chi connectivity index (χ1n) is 5.49. The van der Waals surface area contributed by atoms with Crippen molar-refractivity contribution in [3.8, 4) is 5.75 Å². The van der Waals surface area contributed by atoms with E-state index in [9.17, 15) is 9.90 Å². The number of aryl methyl sites for hydroxylation is 1. The molecule has 0 aromatic heterocycles. The zero-order valence-electron chi connectivity index (χ0n) is 9.90.